The fraction of sp³-hybridized carbons (Fsp3) is 0.778. The minimum absolute atomic E-state index is 0.451. The van der Waals surface area contributed by atoms with Crippen molar-refractivity contribution in [3.05, 3.63) is 11.6 Å². The molecule has 0 saturated heterocycles. The van der Waals surface area contributed by atoms with Gasteiger partial charge in [0.25, 0.3) is 0 Å². The van der Waals surface area contributed by atoms with Gasteiger partial charge in [-0.05, 0) is 39.5 Å². The van der Waals surface area contributed by atoms with Crippen LogP contribution >= 0.6 is 0 Å². The molecule has 0 spiro atoms. The highest BCUT2D eigenvalue weighted by Crippen LogP contribution is 2.32. The number of hydrogen-bond acceptors (Lipinski definition) is 1. The van der Waals surface area contributed by atoms with Gasteiger partial charge in [-0.2, -0.15) is 0 Å². The molecule has 0 aromatic rings. The van der Waals surface area contributed by atoms with E-state index in [9.17, 15) is 5.11 Å². The molecule has 10 heavy (non-hydrogen) atoms. The number of allylic oxidation sites excluding steroid dienone is 2. The third-order valence-electron chi connectivity index (χ3n) is 2.32. The fourth-order valence-corrected chi connectivity index (χ4v) is 1.44. The third-order valence-corrected chi connectivity index (χ3v) is 2.32. The molecule has 1 N–H and O–H groups in total. The van der Waals surface area contributed by atoms with Crippen LogP contribution in [0, 0.1) is 5.92 Å². The first-order valence-corrected chi connectivity index (χ1v) is 3.88. The summed E-state index contributed by atoms with van der Waals surface area (Å²) in [5, 5.41) is 9.60. The molecule has 0 aromatic heterocycles. The molecule has 0 unspecified atom stereocenters. The Bertz CT molecular complexity index is 151. The summed E-state index contributed by atoms with van der Waals surface area (Å²) in [7, 11) is 0. The molecular formula is C9H16O. The molecule has 0 fully saturated rings. The van der Waals surface area contributed by atoms with Gasteiger partial charge in [0, 0.05) is 0 Å². The maximum atomic E-state index is 9.60. The van der Waals surface area contributed by atoms with Crippen LogP contribution in [0.2, 0.25) is 0 Å². The van der Waals surface area contributed by atoms with Crippen molar-refractivity contribution in [2.75, 3.05) is 0 Å². The van der Waals surface area contributed by atoms with Crippen LogP contribution in [0.1, 0.15) is 33.6 Å². The first kappa shape index (κ1) is 7.80. The summed E-state index contributed by atoms with van der Waals surface area (Å²) in [4.78, 5) is 0. The Hall–Kier alpha value is -0.300. The summed E-state index contributed by atoms with van der Waals surface area (Å²) in [6, 6.07) is 0. The average Bonchev–Trinajstić information content (AvgIpc) is 2.11. The smallest absolute Gasteiger partial charge is 0.0625 e. The Morgan fingerprint density at radius 3 is 2.40 bits per heavy atom. The molecule has 1 aliphatic rings. The van der Waals surface area contributed by atoms with Gasteiger partial charge in [-0.1, -0.05) is 11.6 Å². The molecular weight excluding hydrogens is 124 g/mol. The van der Waals surface area contributed by atoms with Gasteiger partial charge in [-0.25, -0.2) is 0 Å². The maximum Gasteiger partial charge on any atom is 0.0625 e. The highest BCUT2D eigenvalue weighted by Gasteiger charge is 2.28. The Kier molecular flexibility index (Phi) is 1.86. The van der Waals surface area contributed by atoms with Crippen molar-refractivity contribution in [2.24, 2.45) is 5.92 Å². The molecule has 0 saturated carbocycles. The van der Waals surface area contributed by atoms with Crippen molar-refractivity contribution >= 4 is 0 Å². The lowest BCUT2D eigenvalue weighted by Crippen LogP contribution is -2.28. The molecule has 1 rings (SSSR count). The molecule has 0 aromatic carbocycles. The van der Waals surface area contributed by atoms with E-state index >= 15 is 0 Å². The van der Waals surface area contributed by atoms with Gasteiger partial charge in [0.2, 0.25) is 0 Å². The lowest BCUT2D eigenvalue weighted by molar-refractivity contribution is 0.0219. The minimum Gasteiger partial charge on any atom is -0.390 e. The molecule has 0 radical (unpaired) electrons. The largest absolute Gasteiger partial charge is 0.390 e. The van der Waals surface area contributed by atoms with Crippen LogP contribution in [0.25, 0.3) is 0 Å². The monoisotopic (exact) mass is 140 g/mol. The van der Waals surface area contributed by atoms with E-state index in [4.69, 9.17) is 0 Å². The van der Waals surface area contributed by atoms with E-state index in [-0.39, 0.29) is 0 Å². The predicted molar refractivity (Wildman–Crippen MR) is 42.8 cm³/mol. The zero-order valence-electron chi connectivity index (χ0n) is 7.02. The standard InChI is InChI=1S/C9H16O/c1-7-4-5-8(6-7)9(2,3)10/h4,8,10H,5-6H2,1-3H3/t8-/m1/s1. The average molecular weight is 140 g/mol. The van der Waals surface area contributed by atoms with Gasteiger partial charge >= 0.3 is 0 Å². The van der Waals surface area contributed by atoms with Gasteiger partial charge < -0.3 is 5.11 Å². The van der Waals surface area contributed by atoms with Gasteiger partial charge in [-0.3, -0.25) is 0 Å². The highest BCUT2D eigenvalue weighted by molar-refractivity contribution is 5.09. The van der Waals surface area contributed by atoms with E-state index in [1.807, 2.05) is 13.8 Å². The second-order valence-electron chi connectivity index (χ2n) is 3.84. The summed E-state index contributed by atoms with van der Waals surface area (Å²) in [6.45, 7) is 5.92. The van der Waals surface area contributed by atoms with E-state index in [0.29, 0.717) is 5.92 Å². The van der Waals surface area contributed by atoms with E-state index in [2.05, 4.69) is 13.0 Å². The molecule has 0 amide bonds. The van der Waals surface area contributed by atoms with Gasteiger partial charge in [0.05, 0.1) is 5.60 Å². The molecule has 1 atom stereocenters. The van der Waals surface area contributed by atoms with Crippen LogP contribution < -0.4 is 0 Å². The minimum atomic E-state index is -0.492. The lowest BCUT2D eigenvalue weighted by atomic mass is 9.88. The zero-order valence-corrected chi connectivity index (χ0v) is 7.02. The van der Waals surface area contributed by atoms with Crippen molar-refractivity contribution < 1.29 is 5.11 Å². The van der Waals surface area contributed by atoms with Crippen molar-refractivity contribution in [2.45, 2.75) is 39.2 Å². The Morgan fingerprint density at radius 2 is 2.20 bits per heavy atom. The molecule has 0 bridgehead atoms. The normalized spacial score (nSPS) is 26.8. The Morgan fingerprint density at radius 1 is 1.60 bits per heavy atom. The van der Waals surface area contributed by atoms with Crippen molar-refractivity contribution in [1.82, 2.24) is 0 Å². The van der Waals surface area contributed by atoms with Crippen molar-refractivity contribution in [3.8, 4) is 0 Å². The number of aliphatic hydroxyl groups is 1. The van der Waals surface area contributed by atoms with Crippen LogP contribution in [0.3, 0.4) is 0 Å². The van der Waals surface area contributed by atoms with Gasteiger partial charge in [0.15, 0.2) is 0 Å². The Labute approximate surface area is 62.8 Å². The molecule has 0 heterocycles. The molecule has 1 aliphatic carbocycles. The van der Waals surface area contributed by atoms with Crippen molar-refractivity contribution in [3.63, 3.8) is 0 Å². The SMILES string of the molecule is CC1=CC[C@@H](C(C)(C)O)C1. The fourth-order valence-electron chi connectivity index (χ4n) is 1.44. The molecule has 0 aliphatic heterocycles. The van der Waals surface area contributed by atoms with Crippen molar-refractivity contribution in [1.29, 1.82) is 0 Å². The van der Waals surface area contributed by atoms with Crippen LogP contribution in [0.5, 0.6) is 0 Å². The summed E-state index contributed by atoms with van der Waals surface area (Å²) < 4.78 is 0. The van der Waals surface area contributed by atoms with E-state index in [0.717, 1.165) is 12.8 Å². The second kappa shape index (κ2) is 2.39. The second-order valence-corrected chi connectivity index (χ2v) is 3.84. The molecule has 1 heteroatoms. The topological polar surface area (TPSA) is 20.2 Å². The zero-order chi connectivity index (χ0) is 7.78. The van der Waals surface area contributed by atoms with E-state index in [1.54, 1.807) is 0 Å². The molecule has 58 valence electrons. The maximum absolute atomic E-state index is 9.60. The summed E-state index contributed by atoms with van der Waals surface area (Å²) in [5.41, 5.74) is 0.931. The summed E-state index contributed by atoms with van der Waals surface area (Å²) in [5.74, 6) is 0.451. The Balaban J connectivity index is 2.50. The van der Waals surface area contributed by atoms with Crippen LogP contribution in [0.4, 0.5) is 0 Å². The first-order chi connectivity index (χ1) is 4.50. The third kappa shape index (κ3) is 1.60. The van der Waals surface area contributed by atoms with Crippen LogP contribution in [0.15, 0.2) is 11.6 Å². The predicted octanol–water partition coefficient (Wildman–Crippen LogP) is 2.11. The first-order valence-electron chi connectivity index (χ1n) is 3.88. The number of hydrogen-bond donors (Lipinski definition) is 1. The van der Waals surface area contributed by atoms with Crippen LogP contribution in [-0.2, 0) is 0 Å². The quantitative estimate of drug-likeness (QED) is 0.553. The molecule has 1 nitrogen and oxygen atoms in total. The van der Waals surface area contributed by atoms with Gasteiger partial charge in [-0.15, -0.1) is 0 Å². The van der Waals surface area contributed by atoms with E-state index < -0.39 is 5.60 Å². The summed E-state index contributed by atoms with van der Waals surface area (Å²) >= 11 is 0. The number of rotatable bonds is 1. The summed E-state index contributed by atoms with van der Waals surface area (Å²) in [6.07, 6.45) is 4.35. The highest BCUT2D eigenvalue weighted by atomic mass is 16.3. The van der Waals surface area contributed by atoms with Crippen LogP contribution in [-0.4, -0.2) is 10.7 Å². The van der Waals surface area contributed by atoms with Gasteiger partial charge in [0.1, 0.15) is 0 Å². The lowest BCUT2D eigenvalue weighted by Gasteiger charge is -2.25. The van der Waals surface area contributed by atoms with E-state index in [1.165, 1.54) is 5.57 Å².